The van der Waals surface area contributed by atoms with E-state index in [1.54, 1.807) is 26.5 Å². The highest BCUT2D eigenvalue weighted by Crippen LogP contribution is 2.33. The number of hydrogen-bond acceptors (Lipinski definition) is 5. The number of benzene rings is 2. The number of anilines is 2. The van der Waals surface area contributed by atoms with E-state index >= 15 is 0 Å². The van der Waals surface area contributed by atoms with Gasteiger partial charge in [0.25, 0.3) is 0 Å². The third-order valence-corrected chi connectivity index (χ3v) is 4.40. The molecule has 0 saturated heterocycles. The van der Waals surface area contributed by atoms with E-state index in [-0.39, 0.29) is 0 Å². The topological polar surface area (TPSA) is 60.7 Å². The lowest BCUT2D eigenvalue weighted by molar-refractivity contribution is 0.415. The Hall–Kier alpha value is -3.25. The summed E-state index contributed by atoms with van der Waals surface area (Å²) in [5.41, 5.74) is 3.42. The molecule has 1 N–H and O–H groups in total. The van der Waals surface area contributed by atoms with Crippen LogP contribution in [0.1, 0.15) is 0 Å². The standard InChI is InChI=1S/C20H17ClN4O2/c1-26-16-5-3-4-14(11-16)23-20-22-12-15-7-8-18(25(15)24-20)17-10-13(21)6-9-19(17)27-2/h3-12H,1-2H3,(H,23,24). The highest BCUT2D eigenvalue weighted by Gasteiger charge is 2.13. The van der Waals surface area contributed by atoms with Crippen LogP contribution in [0.2, 0.25) is 5.02 Å². The van der Waals surface area contributed by atoms with Crippen LogP contribution in [-0.2, 0) is 0 Å². The van der Waals surface area contributed by atoms with Crippen LogP contribution in [0, 0.1) is 0 Å². The lowest BCUT2D eigenvalue weighted by atomic mass is 10.1. The highest BCUT2D eigenvalue weighted by molar-refractivity contribution is 6.31. The van der Waals surface area contributed by atoms with Crippen LogP contribution in [0.5, 0.6) is 11.5 Å². The molecule has 7 heteroatoms. The van der Waals surface area contributed by atoms with Crippen molar-refractivity contribution in [1.82, 2.24) is 14.6 Å². The first-order valence-electron chi connectivity index (χ1n) is 8.28. The van der Waals surface area contributed by atoms with Gasteiger partial charge in [0.1, 0.15) is 11.5 Å². The van der Waals surface area contributed by atoms with Crippen LogP contribution < -0.4 is 14.8 Å². The molecule has 0 amide bonds. The van der Waals surface area contributed by atoms with Crippen molar-refractivity contribution in [2.45, 2.75) is 0 Å². The fourth-order valence-electron chi connectivity index (χ4n) is 2.87. The number of halogens is 1. The Morgan fingerprint density at radius 2 is 1.89 bits per heavy atom. The number of fused-ring (bicyclic) bond motifs is 1. The smallest absolute Gasteiger partial charge is 0.245 e. The normalized spacial score (nSPS) is 10.8. The van der Waals surface area contributed by atoms with Crippen LogP contribution in [0.15, 0.2) is 60.8 Å². The first-order chi connectivity index (χ1) is 13.2. The van der Waals surface area contributed by atoms with Crippen molar-refractivity contribution >= 4 is 28.8 Å². The molecule has 0 bridgehead atoms. The van der Waals surface area contributed by atoms with E-state index in [2.05, 4.69) is 15.4 Å². The second-order valence-corrected chi connectivity index (χ2v) is 6.28. The summed E-state index contributed by atoms with van der Waals surface area (Å²) >= 11 is 6.19. The summed E-state index contributed by atoms with van der Waals surface area (Å²) in [5.74, 6) is 1.95. The second-order valence-electron chi connectivity index (χ2n) is 5.84. The van der Waals surface area contributed by atoms with Crippen LogP contribution in [0.3, 0.4) is 0 Å². The molecule has 0 saturated carbocycles. The van der Waals surface area contributed by atoms with Crippen molar-refractivity contribution in [3.63, 3.8) is 0 Å². The molecule has 0 aliphatic rings. The maximum Gasteiger partial charge on any atom is 0.245 e. The van der Waals surface area contributed by atoms with Gasteiger partial charge in [0, 0.05) is 22.3 Å². The second kappa shape index (κ2) is 7.17. The van der Waals surface area contributed by atoms with Gasteiger partial charge in [0.2, 0.25) is 5.95 Å². The van der Waals surface area contributed by atoms with Gasteiger partial charge in [-0.15, -0.1) is 5.10 Å². The molecule has 0 fully saturated rings. The van der Waals surface area contributed by atoms with Crippen LogP contribution in [-0.4, -0.2) is 28.8 Å². The minimum atomic E-state index is 0.467. The third-order valence-electron chi connectivity index (χ3n) is 4.16. The van der Waals surface area contributed by atoms with Gasteiger partial charge in [-0.05, 0) is 42.5 Å². The van der Waals surface area contributed by atoms with Crippen molar-refractivity contribution in [1.29, 1.82) is 0 Å². The van der Waals surface area contributed by atoms with Gasteiger partial charge < -0.3 is 14.8 Å². The maximum absolute atomic E-state index is 6.19. The molecule has 0 atom stereocenters. The first kappa shape index (κ1) is 17.2. The van der Waals surface area contributed by atoms with E-state index in [0.717, 1.165) is 34.0 Å². The molecular formula is C20H17ClN4O2. The highest BCUT2D eigenvalue weighted by atomic mass is 35.5. The molecule has 0 aliphatic heterocycles. The summed E-state index contributed by atoms with van der Waals surface area (Å²) in [6, 6.07) is 17.0. The van der Waals surface area contributed by atoms with Crippen LogP contribution in [0.25, 0.3) is 16.8 Å². The number of aromatic nitrogens is 3. The fraction of sp³-hybridized carbons (Fsp3) is 0.100. The van der Waals surface area contributed by atoms with Crippen molar-refractivity contribution in [2.75, 3.05) is 19.5 Å². The SMILES string of the molecule is COc1cccc(Nc2ncc3ccc(-c4cc(Cl)ccc4OC)n3n2)c1. The third kappa shape index (κ3) is 3.39. The Kier molecular flexibility index (Phi) is 4.56. The molecule has 2 aromatic carbocycles. The summed E-state index contributed by atoms with van der Waals surface area (Å²) < 4.78 is 12.5. The van der Waals surface area contributed by atoms with Crippen molar-refractivity contribution in [3.05, 3.63) is 65.8 Å². The van der Waals surface area contributed by atoms with Crippen molar-refractivity contribution < 1.29 is 9.47 Å². The molecule has 4 aromatic rings. The minimum Gasteiger partial charge on any atom is -0.497 e. The molecule has 136 valence electrons. The minimum absolute atomic E-state index is 0.467. The van der Waals surface area contributed by atoms with Crippen LogP contribution >= 0.6 is 11.6 Å². The Morgan fingerprint density at radius 1 is 1.00 bits per heavy atom. The molecule has 2 heterocycles. The lowest BCUT2D eigenvalue weighted by Gasteiger charge is -2.10. The monoisotopic (exact) mass is 380 g/mol. The Morgan fingerprint density at radius 3 is 2.70 bits per heavy atom. The molecule has 6 nitrogen and oxygen atoms in total. The zero-order chi connectivity index (χ0) is 18.8. The van der Waals surface area contributed by atoms with E-state index < -0.39 is 0 Å². The maximum atomic E-state index is 6.19. The molecule has 27 heavy (non-hydrogen) atoms. The molecule has 0 aliphatic carbocycles. The van der Waals surface area contributed by atoms with Crippen LogP contribution in [0.4, 0.5) is 11.6 Å². The zero-order valence-electron chi connectivity index (χ0n) is 14.8. The van der Waals surface area contributed by atoms with E-state index in [9.17, 15) is 0 Å². The summed E-state index contributed by atoms with van der Waals surface area (Å²) in [4.78, 5) is 4.38. The number of nitrogens with one attached hydrogen (secondary N) is 1. The summed E-state index contributed by atoms with van der Waals surface area (Å²) in [5, 5.41) is 8.45. The summed E-state index contributed by atoms with van der Waals surface area (Å²) in [7, 11) is 3.26. The summed E-state index contributed by atoms with van der Waals surface area (Å²) in [6.07, 6.45) is 1.76. The zero-order valence-corrected chi connectivity index (χ0v) is 15.6. The number of ether oxygens (including phenoxy) is 2. The van der Waals surface area contributed by atoms with Gasteiger partial charge >= 0.3 is 0 Å². The number of methoxy groups -OCH3 is 2. The van der Waals surface area contributed by atoms with Gasteiger partial charge in [-0.25, -0.2) is 9.50 Å². The van der Waals surface area contributed by atoms with E-state index in [0.29, 0.717) is 11.0 Å². The fourth-order valence-corrected chi connectivity index (χ4v) is 3.05. The van der Waals surface area contributed by atoms with Gasteiger partial charge in [-0.2, -0.15) is 0 Å². The average molecular weight is 381 g/mol. The Labute approximate surface area is 161 Å². The Bertz CT molecular complexity index is 1110. The first-order valence-corrected chi connectivity index (χ1v) is 8.65. The van der Waals surface area contributed by atoms with Gasteiger partial charge in [0.15, 0.2) is 0 Å². The largest absolute Gasteiger partial charge is 0.497 e. The van der Waals surface area contributed by atoms with E-state index in [4.69, 9.17) is 21.1 Å². The average Bonchev–Trinajstić information content (AvgIpc) is 3.11. The van der Waals surface area contributed by atoms with E-state index in [1.165, 1.54) is 0 Å². The summed E-state index contributed by atoms with van der Waals surface area (Å²) in [6.45, 7) is 0. The molecule has 0 spiro atoms. The van der Waals surface area contributed by atoms with Gasteiger partial charge in [0.05, 0.1) is 31.6 Å². The molecular weight excluding hydrogens is 364 g/mol. The molecule has 2 aromatic heterocycles. The predicted octanol–water partition coefficient (Wildman–Crippen LogP) is 4.81. The molecule has 0 radical (unpaired) electrons. The quantitative estimate of drug-likeness (QED) is 0.538. The van der Waals surface area contributed by atoms with Crippen molar-refractivity contribution in [3.8, 4) is 22.8 Å². The lowest BCUT2D eigenvalue weighted by Crippen LogP contribution is -2.03. The molecule has 0 unspecified atom stereocenters. The van der Waals surface area contributed by atoms with Crippen molar-refractivity contribution in [2.24, 2.45) is 0 Å². The molecule has 4 rings (SSSR count). The number of rotatable bonds is 5. The predicted molar refractivity (Wildman–Crippen MR) is 106 cm³/mol. The van der Waals surface area contributed by atoms with E-state index in [1.807, 2.05) is 53.0 Å². The Balaban J connectivity index is 1.76. The van der Waals surface area contributed by atoms with Gasteiger partial charge in [-0.3, -0.25) is 0 Å². The number of nitrogens with zero attached hydrogens (tertiary/aromatic N) is 3. The van der Waals surface area contributed by atoms with Gasteiger partial charge in [-0.1, -0.05) is 17.7 Å². The number of hydrogen-bond donors (Lipinski definition) is 1.